The summed E-state index contributed by atoms with van der Waals surface area (Å²) in [6.45, 7) is 2.84. The first-order chi connectivity index (χ1) is 9.33. The first-order valence-corrected chi connectivity index (χ1v) is 6.85. The number of anilines is 1. The van der Waals surface area contributed by atoms with E-state index in [2.05, 4.69) is 25.3 Å². The highest BCUT2D eigenvalue weighted by Gasteiger charge is 2.03. The zero-order valence-electron chi connectivity index (χ0n) is 10.5. The van der Waals surface area contributed by atoms with Crippen LogP contribution in [0.1, 0.15) is 9.88 Å². The van der Waals surface area contributed by atoms with Gasteiger partial charge in [0.2, 0.25) is 0 Å². The van der Waals surface area contributed by atoms with Gasteiger partial charge in [0.05, 0.1) is 10.4 Å². The van der Waals surface area contributed by atoms with Crippen LogP contribution in [0.25, 0.3) is 11.0 Å². The molecule has 0 unspecified atom stereocenters. The van der Waals surface area contributed by atoms with Crippen LogP contribution in [0.5, 0.6) is 0 Å². The van der Waals surface area contributed by atoms with E-state index < -0.39 is 0 Å². The minimum Gasteiger partial charge on any atom is -0.369 e. The van der Waals surface area contributed by atoms with Crippen LogP contribution in [0.3, 0.4) is 0 Å². The normalized spacial score (nSPS) is 10.8. The van der Waals surface area contributed by atoms with Crippen LogP contribution in [-0.4, -0.2) is 26.5 Å². The lowest BCUT2D eigenvalue weighted by atomic mass is 10.3. The molecule has 3 aromatic heterocycles. The van der Waals surface area contributed by atoms with Gasteiger partial charge in [0.1, 0.15) is 12.1 Å². The van der Waals surface area contributed by atoms with E-state index in [0.717, 1.165) is 29.2 Å². The van der Waals surface area contributed by atoms with Crippen molar-refractivity contribution in [3.63, 3.8) is 0 Å². The monoisotopic (exact) mass is 271 g/mol. The highest BCUT2D eigenvalue weighted by molar-refractivity contribution is 7.11. The summed E-state index contributed by atoms with van der Waals surface area (Å²) in [5.74, 6) is 0.833. The zero-order valence-corrected chi connectivity index (χ0v) is 11.3. The quantitative estimate of drug-likeness (QED) is 0.789. The molecular weight excluding hydrogens is 258 g/mol. The maximum atomic E-state index is 4.27. The van der Waals surface area contributed by atoms with Crippen molar-refractivity contribution < 1.29 is 0 Å². The molecule has 0 bridgehead atoms. The molecule has 1 N–H and O–H groups in total. The van der Waals surface area contributed by atoms with Crippen molar-refractivity contribution in [1.82, 2.24) is 19.9 Å². The van der Waals surface area contributed by atoms with Crippen molar-refractivity contribution in [3.8, 4) is 0 Å². The Kier molecular flexibility index (Phi) is 3.33. The molecule has 3 rings (SSSR count). The number of rotatable bonds is 4. The molecule has 3 heterocycles. The number of hydrogen-bond donors (Lipinski definition) is 1. The van der Waals surface area contributed by atoms with Crippen LogP contribution < -0.4 is 5.32 Å². The van der Waals surface area contributed by atoms with Crippen LogP contribution >= 0.6 is 11.3 Å². The predicted molar refractivity (Wildman–Crippen MR) is 76.4 cm³/mol. The number of aryl methyl sites for hydroxylation is 1. The molecule has 0 radical (unpaired) electrons. The van der Waals surface area contributed by atoms with Gasteiger partial charge >= 0.3 is 0 Å². The van der Waals surface area contributed by atoms with Crippen molar-refractivity contribution in [2.24, 2.45) is 0 Å². The van der Waals surface area contributed by atoms with E-state index in [1.165, 1.54) is 11.2 Å². The topological polar surface area (TPSA) is 63.6 Å². The lowest BCUT2D eigenvalue weighted by molar-refractivity contribution is 1.02. The van der Waals surface area contributed by atoms with Crippen molar-refractivity contribution in [2.45, 2.75) is 13.3 Å². The van der Waals surface area contributed by atoms with Gasteiger partial charge in [0, 0.05) is 30.2 Å². The molecule has 0 aliphatic carbocycles. The Morgan fingerprint density at radius 1 is 1.21 bits per heavy atom. The average molecular weight is 271 g/mol. The van der Waals surface area contributed by atoms with Gasteiger partial charge in [0.25, 0.3) is 0 Å². The smallest absolute Gasteiger partial charge is 0.164 e. The molecule has 0 saturated heterocycles. The molecule has 6 heteroatoms. The Morgan fingerprint density at radius 2 is 2.16 bits per heavy atom. The summed E-state index contributed by atoms with van der Waals surface area (Å²) < 4.78 is 0. The van der Waals surface area contributed by atoms with Crippen molar-refractivity contribution in [2.75, 3.05) is 11.9 Å². The fraction of sp³-hybridized carbons (Fsp3) is 0.231. The SMILES string of the molecule is Cc1ncc(CCNc2ncnc3ncccc23)s1. The van der Waals surface area contributed by atoms with Gasteiger partial charge in [-0.15, -0.1) is 11.3 Å². The van der Waals surface area contributed by atoms with Crippen LogP contribution in [0.2, 0.25) is 0 Å². The maximum Gasteiger partial charge on any atom is 0.164 e. The maximum absolute atomic E-state index is 4.27. The summed E-state index contributed by atoms with van der Waals surface area (Å²) >= 11 is 1.73. The van der Waals surface area contributed by atoms with Crippen molar-refractivity contribution in [1.29, 1.82) is 0 Å². The first kappa shape index (κ1) is 12.0. The van der Waals surface area contributed by atoms with E-state index in [9.17, 15) is 0 Å². The van der Waals surface area contributed by atoms with Crippen LogP contribution in [0.4, 0.5) is 5.82 Å². The Labute approximate surface area is 114 Å². The third-order valence-electron chi connectivity index (χ3n) is 2.74. The summed E-state index contributed by atoms with van der Waals surface area (Å²) in [5, 5.41) is 5.39. The number of nitrogens with one attached hydrogen (secondary N) is 1. The van der Waals surface area contributed by atoms with E-state index in [1.807, 2.05) is 25.3 Å². The van der Waals surface area contributed by atoms with Crippen molar-refractivity contribution >= 4 is 28.2 Å². The summed E-state index contributed by atoms with van der Waals surface area (Å²) in [4.78, 5) is 18.1. The second kappa shape index (κ2) is 5.27. The molecular formula is C13H13N5S. The predicted octanol–water partition coefficient (Wildman–Crippen LogP) is 2.44. The highest BCUT2D eigenvalue weighted by Crippen LogP contribution is 2.17. The lowest BCUT2D eigenvalue weighted by Crippen LogP contribution is -2.06. The molecule has 0 fully saturated rings. The summed E-state index contributed by atoms with van der Waals surface area (Å²) in [6.07, 6.45) is 6.15. The molecule has 96 valence electrons. The summed E-state index contributed by atoms with van der Waals surface area (Å²) in [5.41, 5.74) is 0.716. The average Bonchev–Trinajstić information content (AvgIpc) is 2.85. The minimum atomic E-state index is 0.716. The van der Waals surface area contributed by atoms with Gasteiger partial charge < -0.3 is 5.32 Å². The second-order valence-electron chi connectivity index (χ2n) is 4.12. The van der Waals surface area contributed by atoms with Crippen LogP contribution in [-0.2, 0) is 6.42 Å². The number of aromatic nitrogens is 4. The number of pyridine rings is 1. The minimum absolute atomic E-state index is 0.716. The first-order valence-electron chi connectivity index (χ1n) is 6.04. The number of fused-ring (bicyclic) bond motifs is 1. The van der Waals surface area contributed by atoms with Crippen LogP contribution in [0.15, 0.2) is 30.9 Å². The Morgan fingerprint density at radius 3 is 3.00 bits per heavy atom. The van der Waals surface area contributed by atoms with E-state index in [-0.39, 0.29) is 0 Å². The fourth-order valence-corrected chi connectivity index (χ4v) is 2.66. The number of thiazole rings is 1. The van der Waals surface area contributed by atoms with Crippen LogP contribution in [0, 0.1) is 6.92 Å². The molecule has 3 aromatic rings. The molecule has 0 saturated carbocycles. The van der Waals surface area contributed by atoms with Crippen molar-refractivity contribution in [3.05, 3.63) is 40.7 Å². The molecule has 0 aliphatic rings. The standard InChI is InChI=1S/C13H13N5S/c1-9-16-7-10(19-9)4-6-15-13-11-3-2-5-14-12(11)17-8-18-13/h2-3,5,7-8H,4,6H2,1H3,(H,14,15,17,18). The lowest BCUT2D eigenvalue weighted by Gasteiger charge is -2.06. The zero-order chi connectivity index (χ0) is 13.1. The Hall–Kier alpha value is -2.08. The van der Waals surface area contributed by atoms with Gasteiger partial charge in [-0.25, -0.2) is 19.9 Å². The molecule has 0 atom stereocenters. The second-order valence-corrected chi connectivity index (χ2v) is 5.44. The number of hydrogen-bond acceptors (Lipinski definition) is 6. The van der Waals surface area contributed by atoms with Gasteiger partial charge in [-0.05, 0) is 19.1 Å². The van der Waals surface area contributed by atoms with Gasteiger partial charge in [-0.3, -0.25) is 0 Å². The molecule has 0 amide bonds. The molecule has 0 aliphatic heterocycles. The molecule has 5 nitrogen and oxygen atoms in total. The summed E-state index contributed by atoms with van der Waals surface area (Å²) in [6, 6.07) is 3.87. The Bertz CT molecular complexity index is 689. The third kappa shape index (κ3) is 2.68. The van der Waals surface area contributed by atoms with Gasteiger partial charge in [-0.1, -0.05) is 0 Å². The van der Waals surface area contributed by atoms with E-state index in [4.69, 9.17) is 0 Å². The van der Waals surface area contributed by atoms with E-state index in [0.29, 0.717) is 5.65 Å². The molecule has 0 spiro atoms. The Balaban J connectivity index is 1.71. The molecule has 19 heavy (non-hydrogen) atoms. The van der Waals surface area contributed by atoms with Gasteiger partial charge in [0.15, 0.2) is 5.65 Å². The highest BCUT2D eigenvalue weighted by atomic mass is 32.1. The van der Waals surface area contributed by atoms with Gasteiger partial charge in [-0.2, -0.15) is 0 Å². The van der Waals surface area contributed by atoms with E-state index in [1.54, 1.807) is 17.5 Å². The summed E-state index contributed by atoms with van der Waals surface area (Å²) in [7, 11) is 0. The fourth-order valence-electron chi connectivity index (χ4n) is 1.86. The molecule has 0 aromatic carbocycles. The third-order valence-corrected chi connectivity index (χ3v) is 3.71. The largest absolute Gasteiger partial charge is 0.369 e. The van der Waals surface area contributed by atoms with E-state index >= 15 is 0 Å². The number of nitrogens with zero attached hydrogens (tertiary/aromatic N) is 4.